The van der Waals surface area contributed by atoms with E-state index in [1.165, 1.54) is 0 Å². The fraction of sp³-hybridized carbons (Fsp3) is 0.556. The molecular formula is C18H22ClN3O4. The van der Waals surface area contributed by atoms with Crippen molar-refractivity contribution in [2.24, 2.45) is 0 Å². The number of rotatable bonds is 3. The summed E-state index contributed by atoms with van der Waals surface area (Å²) in [6, 6.07) is 7.38. The van der Waals surface area contributed by atoms with Crippen LogP contribution in [0.25, 0.3) is 11.4 Å². The summed E-state index contributed by atoms with van der Waals surface area (Å²) in [4.78, 5) is 6.63. The van der Waals surface area contributed by atoms with Crippen LogP contribution in [-0.2, 0) is 11.3 Å². The quantitative estimate of drug-likeness (QED) is 0.840. The molecule has 3 heterocycles. The zero-order valence-electron chi connectivity index (χ0n) is 14.3. The van der Waals surface area contributed by atoms with E-state index in [1.54, 1.807) is 6.07 Å². The van der Waals surface area contributed by atoms with Gasteiger partial charge in [0.2, 0.25) is 11.7 Å². The van der Waals surface area contributed by atoms with E-state index in [-0.39, 0.29) is 0 Å². The number of hydrogen-bond donors (Lipinski definition) is 2. The molecule has 1 aromatic heterocycles. The average Bonchev–Trinajstić information content (AvgIpc) is 3.10. The Bertz CT molecular complexity index is 760. The van der Waals surface area contributed by atoms with E-state index in [2.05, 4.69) is 15.0 Å². The molecule has 4 rings (SSSR count). The van der Waals surface area contributed by atoms with E-state index >= 15 is 0 Å². The first kappa shape index (κ1) is 17.9. The standard InChI is InChI=1S/C18H22ClN3O4/c19-13-4-2-1-3-12(13)17-20-15(26-21-17)11-22-8-6-18(7-9-22)16(24)14(23)5-10-25-18/h1-4,14,16,23-24H,5-11H2/t14-,16-/m0/s1. The first-order valence-corrected chi connectivity index (χ1v) is 9.25. The van der Waals surface area contributed by atoms with Crippen molar-refractivity contribution in [2.45, 2.75) is 43.6 Å². The number of likely N-dealkylation sites (tertiary alicyclic amines) is 1. The van der Waals surface area contributed by atoms with Gasteiger partial charge in [-0.3, -0.25) is 4.90 Å². The Labute approximate surface area is 156 Å². The molecule has 0 radical (unpaired) electrons. The van der Waals surface area contributed by atoms with Crippen LogP contribution in [0.2, 0.25) is 5.02 Å². The lowest BCUT2D eigenvalue weighted by Crippen LogP contribution is -2.59. The third-order valence-electron chi connectivity index (χ3n) is 5.35. The van der Waals surface area contributed by atoms with Crippen molar-refractivity contribution in [2.75, 3.05) is 19.7 Å². The Morgan fingerprint density at radius 3 is 2.77 bits per heavy atom. The van der Waals surface area contributed by atoms with Crippen LogP contribution in [-0.4, -0.2) is 62.8 Å². The highest BCUT2D eigenvalue weighted by molar-refractivity contribution is 6.33. The van der Waals surface area contributed by atoms with Crippen LogP contribution in [0.4, 0.5) is 0 Å². The summed E-state index contributed by atoms with van der Waals surface area (Å²) in [6.07, 6.45) is 0.283. The Morgan fingerprint density at radius 1 is 1.23 bits per heavy atom. The Hall–Kier alpha value is -1.51. The molecule has 2 aromatic rings. The van der Waals surface area contributed by atoms with Gasteiger partial charge in [0.25, 0.3) is 0 Å². The van der Waals surface area contributed by atoms with Crippen LogP contribution in [0.15, 0.2) is 28.8 Å². The molecule has 8 heteroatoms. The number of hydrogen-bond acceptors (Lipinski definition) is 7. The van der Waals surface area contributed by atoms with E-state index in [4.69, 9.17) is 20.9 Å². The maximum Gasteiger partial charge on any atom is 0.241 e. The molecule has 2 saturated heterocycles. The molecule has 2 aliphatic rings. The van der Waals surface area contributed by atoms with Crippen molar-refractivity contribution in [3.05, 3.63) is 35.2 Å². The van der Waals surface area contributed by atoms with Gasteiger partial charge in [0, 0.05) is 18.7 Å². The van der Waals surface area contributed by atoms with Gasteiger partial charge in [-0.2, -0.15) is 4.98 Å². The highest BCUT2D eigenvalue weighted by Crippen LogP contribution is 2.35. The maximum absolute atomic E-state index is 10.3. The second kappa shape index (κ2) is 7.25. The first-order valence-electron chi connectivity index (χ1n) is 8.87. The van der Waals surface area contributed by atoms with Crippen LogP contribution >= 0.6 is 11.6 Å². The van der Waals surface area contributed by atoms with Gasteiger partial charge in [-0.25, -0.2) is 0 Å². The summed E-state index contributed by atoms with van der Waals surface area (Å²) in [5.41, 5.74) is 0.112. The van der Waals surface area contributed by atoms with Crippen LogP contribution in [0, 0.1) is 0 Å². The molecule has 7 nitrogen and oxygen atoms in total. The number of aliphatic hydroxyl groups excluding tert-OH is 2. The minimum atomic E-state index is -0.825. The zero-order chi connectivity index (χ0) is 18.1. The average molecular weight is 380 g/mol. The number of benzene rings is 1. The van der Waals surface area contributed by atoms with Gasteiger partial charge >= 0.3 is 0 Å². The minimum absolute atomic E-state index is 0.480. The Kier molecular flexibility index (Phi) is 4.98. The second-order valence-electron chi connectivity index (χ2n) is 6.98. The molecule has 0 aliphatic carbocycles. The third kappa shape index (κ3) is 3.37. The van der Waals surface area contributed by atoms with E-state index in [9.17, 15) is 10.2 Å². The maximum atomic E-state index is 10.3. The summed E-state index contributed by atoms with van der Waals surface area (Å²) < 4.78 is 11.2. The number of ether oxygens (including phenoxy) is 1. The van der Waals surface area contributed by atoms with Crippen LogP contribution < -0.4 is 0 Å². The van der Waals surface area contributed by atoms with Gasteiger partial charge < -0.3 is 19.5 Å². The smallest absolute Gasteiger partial charge is 0.241 e. The van der Waals surface area contributed by atoms with E-state index < -0.39 is 17.8 Å². The van der Waals surface area contributed by atoms with Crippen molar-refractivity contribution in [1.82, 2.24) is 15.0 Å². The lowest BCUT2D eigenvalue weighted by atomic mass is 9.80. The molecule has 1 aromatic carbocycles. The van der Waals surface area contributed by atoms with Crippen molar-refractivity contribution < 1.29 is 19.5 Å². The van der Waals surface area contributed by atoms with Crippen LogP contribution in [0.1, 0.15) is 25.2 Å². The molecule has 1 spiro atoms. The lowest BCUT2D eigenvalue weighted by Gasteiger charge is -2.48. The number of nitrogens with zero attached hydrogens (tertiary/aromatic N) is 3. The first-order chi connectivity index (χ1) is 12.6. The Morgan fingerprint density at radius 2 is 2.00 bits per heavy atom. The number of aliphatic hydroxyl groups is 2. The minimum Gasteiger partial charge on any atom is -0.390 e. The summed E-state index contributed by atoms with van der Waals surface area (Å²) in [6.45, 7) is 2.48. The van der Waals surface area contributed by atoms with Crippen molar-refractivity contribution in [3.8, 4) is 11.4 Å². The molecule has 0 amide bonds. The van der Waals surface area contributed by atoms with E-state index in [1.807, 2.05) is 18.2 Å². The van der Waals surface area contributed by atoms with Gasteiger partial charge in [-0.1, -0.05) is 28.9 Å². The lowest BCUT2D eigenvalue weighted by molar-refractivity contribution is -0.214. The molecule has 26 heavy (non-hydrogen) atoms. The normalized spacial score (nSPS) is 26.3. The topological polar surface area (TPSA) is 91.9 Å². The second-order valence-corrected chi connectivity index (χ2v) is 7.39. The van der Waals surface area contributed by atoms with E-state index in [0.29, 0.717) is 49.2 Å². The van der Waals surface area contributed by atoms with Gasteiger partial charge in [0.15, 0.2) is 0 Å². The summed E-state index contributed by atoms with van der Waals surface area (Å²) in [5, 5.41) is 24.9. The van der Waals surface area contributed by atoms with Gasteiger partial charge in [-0.15, -0.1) is 0 Å². The molecule has 2 aliphatic heterocycles. The van der Waals surface area contributed by atoms with Gasteiger partial charge in [0.1, 0.15) is 6.10 Å². The number of piperidine rings is 1. The highest BCUT2D eigenvalue weighted by Gasteiger charge is 2.47. The number of aromatic nitrogens is 2. The molecule has 2 fully saturated rings. The Balaban J connectivity index is 1.39. The van der Waals surface area contributed by atoms with Gasteiger partial charge in [-0.05, 0) is 31.4 Å². The summed E-state index contributed by atoms with van der Waals surface area (Å²) >= 11 is 6.18. The molecule has 0 saturated carbocycles. The monoisotopic (exact) mass is 379 g/mol. The number of halogens is 1. The highest BCUT2D eigenvalue weighted by atomic mass is 35.5. The van der Waals surface area contributed by atoms with E-state index in [0.717, 1.165) is 18.7 Å². The van der Waals surface area contributed by atoms with Crippen molar-refractivity contribution in [3.63, 3.8) is 0 Å². The molecule has 140 valence electrons. The largest absolute Gasteiger partial charge is 0.390 e. The molecular weight excluding hydrogens is 358 g/mol. The van der Waals surface area contributed by atoms with Gasteiger partial charge in [0.05, 0.1) is 29.9 Å². The molecule has 2 atom stereocenters. The van der Waals surface area contributed by atoms with Crippen molar-refractivity contribution in [1.29, 1.82) is 0 Å². The fourth-order valence-electron chi connectivity index (χ4n) is 3.77. The summed E-state index contributed by atoms with van der Waals surface area (Å²) in [5.74, 6) is 1.01. The predicted molar refractivity (Wildman–Crippen MR) is 94.6 cm³/mol. The molecule has 2 N–H and O–H groups in total. The zero-order valence-corrected chi connectivity index (χ0v) is 15.1. The molecule has 0 bridgehead atoms. The van der Waals surface area contributed by atoms with Crippen LogP contribution in [0.5, 0.6) is 0 Å². The molecule has 0 unspecified atom stereocenters. The van der Waals surface area contributed by atoms with Crippen LogP contribution in [0.3, 0.4) is 0 Å². The summed E-state index contributed by atoms with van der Waals surface area (Å²) in [7, 11) is 0. The van der Waals surface area contributed by atoms with Crippen molar-refractivity contribution >= 4 is 11.6 Å². The third-order valence-corrected chi connectivity index (χ3v) is 5.68. The SMILES string of the molecule is O[C@H]1CCOC2(CCN(Cc3nc(-c4ccccc4Cl)no3)CC2)[C@H]1O. The predicted octanol–water partition coefficient (Wildman–Crippen LogP) is 1.87. The fourth-order valence-corrected chi connectivity index (χ4v) is 3.99.